The maximum Gasteiger partial charge on any atom is 0.226 e. The Morgan fingerprint density at radius 3 is 2.38 bits per heavy atom. The van der Waals surface area contributed by atoms with Crippen molar-refractivity contribution in [2.24, 2.45) is 0 Å². The molecule has 0 aromatic heterocycles. The van der Waals surface area contributed by atoms with Gasteiger partial charge in [0.1, 0.15) is 0 Å². The molecule has 0 saturated heterocycles. The van der Waals surface area contributed by atoms with Gasteiger partial charge < -0.3 is 10.2 Å². The molecule has 0 unspecified atom stereocenters. The zero-order valence-electron chi connectivity index (χ0n) is 12.7. The van der Waals surface area contributed by atoms with Crippen LogP contribution in [-0.2, 0) is 9.59 Å². The molecule has 0 aliphatic carbocycles. The van der Waals surface area contributed by atoms with Gasteiger partial charge in [0.05, 0.1) is 0 Å². The third-order valence-electron chi connectivity index (χ3n) is 3.21. The lowest BCUT2D eigenvalue weighted by molar-refractivity contribution is -0.129. The molecule has 2 amide bonds. The Balaban J connectivity index is 2.38. The number of rotatable bonds is 8. The van der Waals surface area contributed by atoms with E-state index >= 15 is 0 Å². The first kappa shape index (κ1) is 17.7. The van der Waals surface area contributed by atoms with E-state index in [9.17, 15) is 9.59 Å². The molecule has 0 fully saturated rings. The molecule has 1 aromatic rings. The molecule has 5 heteroatoms. The summed E-state index contributed by atoms with van der Waals surface area (Å²) in [7, 11) is 0. The fourth-order valence-electron chi connectivity index (χ4n) is 1.97. The van der Waals surface area contributed by atoms with E-state index in [1.807, 2.05) is 24.3 Å². The van der Waals surface area contributed by atoms with Crippen LogP contribution in [0.4, 0.5) is 5.69 Å². The van der Waals surface area contributed by atoms with Gasteiger partial charge in [-0.1, -0.05) is 35.7 Å². The molecular weight excluding hydrogens is 332 g/mol. The van der Waals surface area contributed by atoms with E-state index in [0.29, 0.717) is 13.0 Å². The van der Waals surface area contributed by atoms with Gasteiger partial charge in [-0.05, 0) is 30.7 Å². The van der Waals surface area contributed by atoms with Gasteiger partial charge in [0.2, 0.25) is 11.8 Å². The summed E-state index contributed by atoms with van der Waals surface area (Å²) in [6.07, 6.45) is 3.54. The molecular formula is C16H23BrN2O2. The van der Waals surface area contributed by atoms with Crippen molar-refractivity contribution in [1.29, 1.82) is 0 Å². The average molecular weight is 355 g/mol. The number of nitrogens with one attached hydrogen (secondary N) is 1. The molecule has 0 saturated carbocycles. The molecule has 1 rings (SSSR count). The lowest BCUT2D eigenvalue weighted by atomic mass is 10.2. The Morgan fingerprint density at radius 2 is 1.81 bits per heavy atom. The predicted molar refractivity (Wildman–Crippen MR) is 89.2 cm³/mol. The smallest absolute Gasteiger partial charge is 0.226 e. The molecule has 0 atom stereocenters. The van der Waals surface area contributed by atoms with Gasteiger partial charge in [0.25, 0.3) is 0 Å². The molecule has 4 nitrogen and oxygen atoms in total. The van der Waals surface area contributed by atoms with Crippen molar-refractivity contribution in [3.05, 3.63) is 28.7 Å². The molecule has 116 valence electrons. The Kier molecular flexibility index (Phi) is 8.05. The minimum atomic E-state index is -0.0703. The van der Waals surface area contributed by atoms with E-state index in [1.165, 1.54) is 0 Å². The van der Waals surface area contributed by atoms with E-state index in [2.05, 4.69) is 28.2 Å². The molecule has 1 aromatic carbocycles. The summed E-state index contributed by atoms with van der Waals surface area (Å²) in [5, 5.41) is 2.83. The molecule has 0 aliphatic rings. The SMILES string of the molecule is CCCCCN(CCC(=O)Nc1ccc(Br)cc1)C(C)=O. The number of amides is 2. The quantitative estimate of drug-likeness (QED) is 0.721. The lowest BCUT2D eigenvalue weighted by Gasteiger charge is -2.20. The van der Waals surface area contributed by atoms with Crippen molar-refractivity contribution in [2.45, 2.75) is 39.5 Å². The van der Waals surface area contributed by atoms with Crippen LogP contribution in [0.15, 0.2) is 28.7 Å². The van der Waals surface area contributed by atoms with E-state index in [0.717, 1.165) is 36.0 Å². The van der Waals surface area contributed by atoms with Crippen LogP contribution in [0.25, 0.3) is 0 Å². The Morgan fingerprint density at radius 1 is 1.14 bits per heavy atom. The summed E-state index contributed by atoms with van der Waals surface area (Å²) in [4.78, 5) is 25.2. The summed E-state index contributed by atoms with van der Waals surface area (Å²) in [5.74, 6) is -0.0402. The minimum Gasteiger partial charge on any atom is -0.342 e. The van der Waals surface area contributed by atoms with Crippen molar-refractivity contribution in [3.63, 3.8) is 0 Å². The van der Waals surface area contributed by atoms with Crippen LogP contribution in [0.1, 0.15) is 39.5 Å². The second kappa shape index (κ2) is 9.55. The van der Waals surface area contributed by atoms with E-state index < -0.39 is 0 Å². The van der Waals surface area contributed by atoms with E-state index in [1.54, 1.807) is 11.8 Å². The van der Waals surface area contributed by atoms with Crippen molar-refractivity contribution < 1.29 is 9.59 Å². The molecule has 1 N–H and O–H groups in total. The number of unbranched alkanes of at least 4 members (excludes halogenated alkanes) is 2. The monoisotopic (exact) mass is 354 g/mol. The molecule has 0 aliphatic heterocycles. The highest BCUT2D eigenvalue weighted by Crippen LogP contribution is 2.14. The first-order chi connectivity index (χ1) is 10.0. The van der Waals surface area contributed by atoms with Crippen LogP contribution in [-0.4, -0.2) is 29.8 Å². The molecule has 0 radical (unpaired) electrons. The second-order valence-corrected chi connectivity index (χ2v) is 5.93. The van der Waals surface area contributed by atoms with Gasteiger partial charge >= 0.3 is 0 Å². The minimum absolute atomic E-state index is 0.0301. The number of carbonyl (C=O) groups excluding carboxylic acids is 2. The summed E-state index contributed by atoms with van der Waals surface area (Å²) >= 11 is 3.35. The second-order valence-electron chi connectivity index (χ2n) is 5.02. The highest BCUT2D eigenvalue weighted by molar-refractivity contribution is 9.10. The molecule has 0 spiro atoms. The Bertz CT molecular complexity index is 460. The summed E-state index contributed by atoms with van der Waals surface area (Å²) in [6.45, 7) is 4.89. The number of anilines is 1. The van der Waals surface area contributed by atoms with Crippen molar-refractivity contribution in [2.75, 3.05) is 18.4 Å². The zero-order chi connectivity index (χ0) is 15.7. The highest BCUT2D eigenvalue weighted by Gasteiger charge is 2.10. The number of carbonyl (C=O) groups is 2. The van der Waals surface area contributed by atoms with Gasteiger partial charge in [0.15, 0.2) is 0 Å². The van der Waals surface area contributed by atoms with Gasteiger partial charge in [-0.3, -0.25) is 9.59 Å². The number of halogens is 1. The predicted octanol–water partition coefficient (Wildman–Crippen LogP) is 3.82. The fourth-order valence-corrected chi connectivity index (χ4v) is 2.24. The number of hydrogen-bond donors (Lipinski definition) is 1. The third kappa shape index (κ3) is 7.27. The van der Waals surface area contributed by atoms with Crippen LogP contribution in [0.5, 0.6) is 0 Å². The van der Waals surface area contributed by atoms with E-state index in [4.69, 9.17) is 0 Å². The summed E-state index contributed by atoms with van der Waals surface area (Å²) < 4.78 is 0.971. The van der Waals surface area contributed by atoms with Gasteiger partial charge in [-0.2, -0.15) is 0 Å². The highest BCUT2D eigenvalue weighted by atomic mass is 79.9. The fraction of sp³-hybridized carbons (Fsp3) is 0.500. The van der Waals surface area contributed by atoms with Gasteiger partial charge in [-0.15, -0.1) is 0 Å². The van der Waals surface area contributed by atoms with Crippen molar-refractivity contribution >= 4 is 33.4 Å². The Hall–Kier alpha value is -1.36. The topological polar surface area (TPSA) is 49.4 Å². The summed E-state index contributed by atoms with van der Waals surface area (Å²) in [6, 6.07) is 7.43. The zero-order valence-corrected chi connectivity index (χ0v) is 14.3. The van der Waals surface area contributed by atoms with Crippen LogP contribution < -0.4 is 5.32 Å². The maximum absolute atomic E-state index is 11.9. The van der Waals surface area contributed by atoms with Gasteiger partial charge in [-0.25, -0.2) is 0 Å². The molecule has 0 bridgehead atoms. The van der Waals surface area contributed by atoms with Crippen molar-refractivity contribution in [3.8, 4) is 0 Å². The number of nitrogens with zero attached hydrogens (tertiary/aromatic N) is 1. The Labute approximate surface area is 135 Å². The lowest BCUT2D eigenvalue weighted by Crippen LogP contribution is -2.32. The average Bonchev–Trinajstić information content (AvgIpc) is 2.44. The largest absolute Gasteiger partial charge is 0.342 e. The standard InChI is InChI=1S/C16H23BrN2O2/c1-3-4-5-11-19(13(2)20)12-10-16(21)18-15-8-6-14(17)7-9-15/h6-9H,3-5,10-12H2,1-2H3,(H,18,21). The maximum atomic E-state index is 11.9. The van der Waals surface area contributed by atoms with E-state index in [-0.39, 0.29) is 11.8 Å². The van der Waals surface area contributed by atoms with Crippen LogP contribution in [0.3, 0.4) is 0 Å². The van der Waals surface area contributed by atoms with Crippen LogP contribution in [0, 0.1) is 0 Å². The van der Waals surface area contributed by atoms with Crippen LogP contribution in [0.2, 0.25) is 0 Å². The number of benzene rings is 1. The normalized spacial score (nSPS) is 10.2. The number of hydrogen-bond acceptors (Lipinski definition) is 2. The van der Waals surface area contributed by atoms with Gasteiger partial charge in [0, 0.05) is 36.6 Å². The first-order valence-corrected chi connectivity index (χ1v) is 8.13. The third-order valence-corrected chi connectivity index (χ3v) is 3.74. The van der Waals surface area contributed by atoms with Crippen molar-refractivity contribution in [1.82, 2.24) is 4.90 Å². The van der Waals surface area contributed by atoms with Crippen LogP contribution >= 0.6 is 15.9 Å². The molecule has 0 heterocycles. The summed E-state index contributed by atoms with van der Waals surface area (Å²) in [5.41, 5.74) is 0.767. The molecule has 21 heavy (non-hydrogen) atoms. The first-order valence-electron chi connectivity index (χ1n) is 7.34.